The number of nitrogens with zero attached hydrogens (tertiary/aromatic N) is 6. The first-order chi connectivity index (χ1) is 17.5. The van der Waals surface area contributed by atoms with Gasteiger partial charge in [0, 0.05) is 12.0 Å². The van der Waals surface area contributed by atoms with Crippen molar-refractivity contribution >= 4 is 0 Å². The summed E-state index contributed by atoms with van der Waals surface area (Å²) >= 11 is 0. The molecular formula is C24H23F3N6O4. The van der Waals surface area contributed by atoms with Crippen LogP contribution in [0.15, 0.2) is 58.2 Å². The van der Waals surface area contributed by atoms with Crippen molar-refractivity contribution in [3.8, 4) is 34.6 Å². The third-order valence-electron chi connectivity index (χ3n) is 5.28. The Balaban J connectivity index is 1.43. The van der Waals surface area contributed by atoms with Gasteiger partial charge in [-0.25, -0.2) is 9.67 Å². The van der Waals surface area contributed by atoms with Gasteiger partial charge in [-0.15, -0.1) is 18.3 Å². The molecule has 0 radical (unpaired) electrons. The largest absolute Gasteiger partial charge is 0.573 e. The molecule has 0 N–H and O–H groups in total. The van der Waals surface area contributed by atoms with E-state index in [1.165, 1.54) is 12.1 Å². The lowest BCUT2D eigenvalue weighted by Gasteiger charge is -2.15. The first-order valence-electron chi connectivity index (χ1n) is 11.2. The number of hydrogen-bond acceptors (Lipinski definition) is 9. The molecule has 4 aromatic rings. The van der Waals surface area contributed by atoms with Crippen molar-refractivity contribution in [3.63, 3.8) is 0 Å². The maximum atomic E-state index is 12.4. The minimum Gasteiger partial charge on any atom is -0.493 e. The van der Waals surface area contributed by atoms with E-state index in [4.69, 9.17) is 9.26 Å². The summed E-state index contributed by atoms with van der Waals surface area (Å²) in [4.78, 5) is 19.5. The number of aryl methyl sites for hydroxylation is 1. The summed E-state index contributed by atoms with van der Waals surface area (Å²) in [6.45, 7) is 6.04. The zero-order valence-electron chi connectivity index (χ0n) is 20.2. The summed E-state index contributed by atoms with van der Waals surface area (Å²) in [6.07, 6.45) is -4.28. The molecule has 13 heteroatoms. The smallest absolute Gasteiger partial charge is 0.493 e. The lowest BCUT2D eigenvalue weighted by Crippen LogP contribution is -2.19. The predicted molar refractivity (Wildman–Crippen MR) is 126 cm³/mol. The van der Waals surface area contributed by atoms with Crippen LogP contribution in [0.4, 0.5) is 13.2 Å². The van der Waals surface area contributed by atoms with Crippen LogP contribution in [0, 0.1) is 11.8 Å². The number of ether oxygens (including phenoxy) is 2. The minimum atomic E-state index is -4.77. The van der Waals surface area contributed by atoms with E-state index in [2.05, 4.69) is 30.1 Å². The van der Waals surface area contributed by atoms with Gasteiger partial charge in [0.2, 0.25) is 11.6 Å². The Hall–Kier alpha value is -4.29. The zero-order chi connectivity index (χ0) is 26.6. The molecule has 0 saturated carbocycles. The van der Waals surface area contributed by atoms with Crippen LogP contribution in [0.2, 0.25) is 0 Å². The molecule has 0 aliphatic carbocycles. The van der Waals surface area contributed by atoms with E-state index in [9.17, 15) is 18.1 Å². The maximum absolute atomic E-state index is 12.4. The molecule has 0 saturated heterocycles. The fourth-order valence-corrected chi connectivity index (χ4v) is 3.27. The van der Waals surface area contributed by atoms with Crippen LogP contribution in [-0.4, -0.2) is 43.4 Å². The summed E-state index contributed by atoms with van der Waals surface area (Å²) in [6, 6.07) is 12.6. The van der Waals surface area contributed by atoms with Crippen molar-refractivity contribution in [2.45, 2.75) is 45.6 Å². The SMILES string of the molecule is Cc1nc(-c2nc(-c3ccc(OC(F)(F)F)cc3)no2)nn1Cc1cccc(OCCC(C)(C)N=O)c1. The number of nitroso groups, excluding NO2 is 1. The molecule has 0 spiro atoms. The summed E-state index contributed by atoms with van der Waals surface area (Å²) < 4.78 is 53.6. The second-order valence-electron chi connectivity index (χ2n) is 8.79. The molecule has 0 fully saturated rings. The fourth-order valence-electron chi connectivity index (χ4n) is 3.27. The molecule has 0 unspecified atom stereocenters. The van der Waals surface area contributed by atoms with Crippen LogP contribution in [0.5, 0.6) is 11.5 Å². The first-order valence-corrected chi connectivity index (χ1v) is 11.2. The van der Waals surface area contributed by atoms with Gasteiger partial charge < -0.3 is 14.0 Å². The van der Waals surface area contributed by atoms with E-state index in [1.54, 1.807) is 25.5 Å². The van der Waals surface area contributed by atoms with Crippen molar-refractivity contribution < 1.29 is 27.2 Å². The van der Waals surface area contributed by atoms with Crippen molar-refractivity contribution in [1.29, 1.82) is 0 Å². The maximum Gasteiger partial charge on any atom is 0.573 e. The van der Waals surface area contributed by atoms with Crippen molar-refractivity contribution in [2.24, 2.45) is 5.18 Å². The number of benzene rings is 2. The van der Waals surface area contributed by atoms with Crippen molar-refractivity contribution in [3.05, 3.63) is 64.8 Å². The Labute approximate surface area is 209 Å². The highest BCUT2D eigenvalue weighted by Gasteiger charge is 2.31. The van der Waals surface area contributed by atoms with Crippen LogP contribution >= 0.6 is 0 Å². The van der Waals surface area contributed by atoms with Gasteiger partial charge in [0.15, 0.2) is 0 Å². The molecule has 194 valence electrons. The van der Waals surface area contributed by atoms with Crippen LogP contribution in [0.1, 0.15) is 31.7 Å². The number of rotatable bonds is 10. The van der Waals surface area contributed by atoms with Crippen LogP contribution in [0.3, 0.4) is 0 Å². The molecule has 2 aromatic heterocycles. The summed E-state index contributed by atoms with van der Waals surface area (Å²) in [5.74, 6) is 1.35. The van der Waals surface area contributed by atoms with E-state index in [0.717, 1.165) is 17.7 Å². The highest BCUT2D eigenvalue weighted by atomic mass is 19.4. The number of hydrogen-bond donors (Lipinski definition) is 0. The van der Waals surface area contributed by atoms with Crippen molar-refractivity contribution in [2.75, 3.05) is 6.61 Å². The van der Waals surface area contributed by atoms with Gasteiger partial charge in [-0.1, -0.05) is 22.5 Å². The molecule has 4 rings (SSSR count). The highest BCUT2D eigenvalue weighted by Crippen LogP contribution is 2.26. The molecular weight excluding hydrogens is 493 g/mol. The molecule has 10 nitrogen and oxygen atoms in total. The van der Waals surface area contributed by atoms with E-state index >= 15 is 0 Å². The Morgan fingerprint density at radius 1 is 1.03 bits per heavy atom. The lowest BCUT2D eigenvalue weighted by molar-refractivity contribution is -0.274. The average molecular weight is 516 g/mol. The molecule has 0 amide bonds. The van der Waals surface area contributed by atoms with Gasteiger partial charge in [0.05, 0.1) is 13.2 Å². The van der Waals surface area contributed by atoms with Crippen LogP contribution < -0.4 is 9.47 Å². The third kappa shape index (κ3) is 6.90. The van der Waals surface area contributed by atoms with Crippen LogP contribution in [0.25, 0.3) is 23.1 Å². The Morgan fingerprint density at radius 2 is 1.78 bits per heavy atom. The molecule has 37 heavy (non-hydrogen) atoms. The first kappa shape index (κ1) is 25.8. The third-order valence-corrected chi connectivity index (χ3v) is 5.28. The minimum absolute atomic E-state index is 0.0657. The van der Waals surface area contributed by atoms with Gasteiger partial charge in [-0.3, -0.25) is 0 Å². The summed E-state index contributed by atoms with van der Waals surface area (Å²) in [7, 11) is 0. The van der Waals surface area contributed by atoms with E-state index in [1.807, 2.05) is 24.3 Å². The molecule has 2 heterocycles. The van der Waals surface area contributed by atoms with Gasteiger partial charge in [0.1, 0.15) is 22.9 Å². The predicted octanol–water partition coefficient (Wildman–Crippen LogP) is 5.56. The molecule has 0 aliphatic heterocycles. The molecule has 0 atom stereocenters. The second-order valence-corrected chi connectivity index (χ2v) is 8.79. The molecule has 0 bridgehead atoms. The van der Waals surface area contributed by atoms with E-state index in [-0.39, 0.29) is 23.3 Å². The topological polar surface area (TPSA) is 118 Å². The van der Waals surface area contributed by atoms with Gasteiger partial charge >= 0.3 is 6.36 Å². The quantitative estimate of drug-likeness (QED) is 0.251. The van der Waals surface area contributed by atoms with Gasteiger partial charge in [0.25, 0.3) is 5.89 Å². The Bertz CT molecular complexity index is 1370. The number of halogens is 3. The van der Waals surface area contributed by atoms with E-state index < -0.39 is 11.9 Å². The van der Waals surface area contributed by atoms with Gasteiger partial charge in [-0.2, -0.15) is 9.89 Å². The van der Waals surface area contributed by atoms with Crippen molar-refractivity contribution in [1.82, 2.24) is 24.9 Å². The monoisotopic (exact) mass is 516 g/mol. The standard InChI is InChI=1S/C24H23F3N6O4/c1-15-28-21(22-29-20(31-37-22)17-7-9-18(10-8-17)36-24(25,26)27)30-33(15)14-16-5-4-6-19(13-16)35-12-11-23(2,3)32-34/h4-10,13H,11-12,14H2,1-3H3. The fraction of sp³-hybridized carbons (Fsp3) is 0.333. The molecule has 2 aromatic carbocycles. The summed E-state index contributed by atoms with van der Waals surface area (Å²) in [5, 5.41) is 11.4. The van der Waals surface area contributed by atoms with Gasteiger partial charge in [-0.05, 0) is 62.7 Å². The van der Waals surface area contributed by atoms with Crippen LogP contribution in [-0.2, 0) is 6.54 Å². The lowest BCUT2D eigenvalue weighted by atomic mass is 10.0. The highest BCUT2D eigenvalue weighted by molar-refractivity contribution is 5.57. The molecule has 0 aliphatic rings. The summed E-state index contributed by atoms with van der Waals surface area (Å²) in [5.41, 5.74) is 0.660. The normalized spacial score (nSPS) is 11.9. The zero-order valence-corrected chi connectivity index (χ0v) is 20.2. The number of alkyl halides is 3. The number of aromatic nitrogens is 5. The van der Waals surface area contributed by atoms with E-state index in [0.29, 0.717) is 36.7 Å². The Morgan fingerprint density at radius 3 is 2.49 bits per heavy atom. The average Bonchev–Trinajstić information content (AvgIpc) is 3.46. The second kappa shape index (κ2) is 10.4. The Kier molecular flexibility index (Phi) is 7.23.